The molecule has 0 radical (unpaired) electrons. The summed E-state index contributed by atoms with van der Waals surface area (Å²) in [4.78, 5) is 47.1. The Kier molecular flexibility index (Phi) is 10.6. The van der Waals surface area contributed by atoms with Crippen molar-refractivity contribution in [2.45, 2.75) is 54.7 Å². The van der Waals surface area contributed by atoms with Gasteiger partial charge in [0.2, 0.25) is 11.8 Å². The average molecular weight is 613 g/mol. The van der Waals surface area contributed by atoms with E-state index in [1.54, 1.807) is 22.0 Å². The summed E-state index contributed by atoms with van der Waals surface area (Å²) in [5, 5.41) is 9.23. The van der Waals surface area contributed by atoms with E-state index in [4.69, 9.17) is 14.2 Å². The molecule has 6 atom stereocenters. The fourth-order valence-electron chi connectivity index (χ4n) is 6.54. The predicted octanol–water partition coefficient (Wildman–Crippen LogP) is 1.36. The van der Waals surface area contributed by atoms with Gasteiger partial charge in [0.15, 0.2) is 0 Å². The van der Waals surface area contributed by atoms with Gasteiger partial charge in [-0.25, -0.2) is 0 Å². The first-order valence-electron chi connectivity index (χ1n) is 14.1. The molecule has 39 heavy (non-hydrogen) atoms. The van der Waals surface area contributed by atoms with Crippen LogP contribution in [0, 0.1) is 11.8 Å². The normalized spacial score (nSPS) is 31.8. The van der Waals surface area contributed by atoms with E-state index in [2.05, 4.69) is 34.0 Å². The van der Waals surface area contributed by atoms with Crippen LogP contribution in [0.3, 0.4) is 0 Å². The van der Waals surface area contributed by atoms with Crippen molar-refractivity contribution < 1.29 is 33.7 Å². The molecular weight excluding hydrogens is 570 g/mol. The number of likely N-dealkylation sites (tertiary alicyclic amines) is 1. The quantitative estimate of drug-likeness (QED) is 0.128. The number of amides is 2. The number of aliphatic hydroxyl groups excluding tert-OH is 1. The van der Waals surface area contributed by atoms with Gasteiger partial charge in [-0.15, -0.1) is 13.2 Å². The summed E-state index contributed by atoms with van der Waals surface area (Å²) in [6.07, 6.45) is 5.81. The molecule has 2 amide bonds. The van der Waals surface area contributed by atoms with Gasteiger partial charge in [0.05, 0.1) is 37.8 Å². The number of carbonyl (C=O) groups is 3. The van der Waals surface area contributed by atoms with Gasteiger partial charge >= 0.3 is 5.97 Å². The Bertz CT molecular complexity index is 914. The number of hydrogen-bond donors (Lipinski definition) is 1. The summed E-state index contributed by atoms with van der Waals surface area (Å²) in [6, 6.07) is -0.843. The van der Waals surface area contributed by atoms with E-state index in [0.29, 0.717) is 65.1 Å². The Morgan fingerprint density at radius 3 is 2.64 bits per heavy atom. The highest BCUT2D eigenvalue weighted by molar-refractivity contribution is 9.09. The Labute approximate surface area is 239 Å². The molecular formula is C28H42BrN3O7. The maximum absolute atomic E-state index is 14.4. The summed E-state index contributed by atoms with van der Waals surface area (Å²) < 4.78 is 17.5. The number of halogens is 1. The number of esters is 1. The minimum absolute atomic E-state index is 0.0756. The van der Waals surface area contributed by atoms with Gasteiger partial charge in [0.1, 0.15) is 11.6 Å². The van der Waals surface area contributed by atoms with Crippen molar-refractivity contribution in [1.82, 2.24) is 14.7 Å². The minimum Gasteiger partial charge on any atom is -0.465 e. The van der Waals surface area contributed by atoms with Crippen molar-refractivity contribution in [3.05, 3.63) is 25.3 Å². The van der Waals surface area contributed by atoms with Crippen molar-refractivity contribution in [2.24, 2.45) is 11.8 Å². The standard InChI is InChI=1S/C28H42BrN3O7/c1-3-5-16-38-27(36)21-22-25(34)32(10-7-6-8-15-33)24(28(22)19-20(29)23(21)39-28)26(35)31(9-4-2)12-11-30-13-17-37-18-14-30/h3-4,20-24,33H,1-2,5-19H2/t20?,21-,22+,23-,24?,28?/m1/s1. The smallest absolute Gasteiger partial charge is 0.312 e. The highest BCUT2D eigenvalue weighted by Crippen LogP contribution is 2.60. The summed E-state index contributed by atoms with van der Waals surface area (Å²) in [7, 11) is 0. The number of hydrogen-bond acceptors (Lipinski definition) is 8. The molecule has 4 saturated heterocycles. The third-order valence-corrected chi connectivity index (χ3v) is 9.21. The predicted molar refractivity (Wildman–Crippen MR) is 148 cm³/mol. The number of rotatable bonds is 15. The highest BCUT2D eigenvalue weighted by atomic mass is 79.9. The van der Waals surface area contributed by atoms with Crippen LogP contribution in [0.5, 0.6) is 0 Å². The second kappa shape index (κ2) is 13.7. The molecule has 4 heterocycles. The van der Waals surface area contributed by atoms with E-state index in [0.717, 1.165) is 19.5 Å². The molecule has 4 fully saturated rings. The van der Waals surface area contributed by atoms with E-state index in [1.165, 1.54) is 0 Å². The number of ether oxygens (including phenoxy) is 3. The number of aliphatic hydroxyl groups is 1. The van der Waals surface area contributed by atoms with Crippen LogP contribution in [0.25, 0.3) is 0 Å². The second-order valence-corrected chi connectivity index (χ2v) is 11.9. The van der Waals surface area contributed by atoms with Crippen molar-refractivity contribution in [3.8, 4) is 0 Å². The van der Waals surface area contributed by atoms with Gasteiger partial charge < -0.3 is 29.1 Å². The highest BCUT2D eigenvalue weighted by Gasteiger charge is 2.77. The Hall–Kier alpha value is -1.79. The molecule has 1 spiro atoms. The van der Waals surface area contributed by atoms with Crippen LogP contribution in [0.1, 0.15) is 32.1 Å². The average Bonchev–Trinajstić information content (AvgIpc) is 3.52. The maximum Gasteiger partial charge on any atom is 0.312 e. The number of alkyl halides is 1. The lowest BCUT2D eigenvalue weighted by Gasteiger charge is -2.38. The molecule has 0 saturated carbocycles. The van der Waals surface area contributed by atoms with Gasteiger partial charge in [-0.1, -0.05) is 28.1 Å². The van der Waals surface area contributed by atoms with Crippen LogP contribution >= 0.6 is 15.9 Å². The molecule has 2 bridgehead atoms. The van der Waals surface area contributed by atoms with Crippen LogP contribution in [-0.2, 0) is 28.6 Å². The number of morpholine rings is 1. The molecule has 4 aliphatic heterocycles. The van der Waals surface area contributed by atoms with Crippen LogP contribution in [0.4, 0.5) is 0 Å². The molecule has 0 aromatic rings. The minimum atomic E-state index is -1.11. The summed E-state index contributed by atoms with van der Waals surface area (Å²) in [5.41, 5.74) is -1.11. The number of unbranched alkanes of at least 4 members (excludes halogenated alkanes) is 2. The molecule has 1 N–H and O–H groups in total. The summed E-state index contributed by atoms with van der Waals surface area (Å²) in [6.45, 7) is 12.7. The number of fused-ring (bicyclic) bond motifs is 1. The lowest BCUT2D eigenvalue weighted by Crippen LogP contribution is -2.57. The first-order chi connectivity index (χ1) is 18.9. The molecule has 0 aliphatic carbocycles. The number of nitrogens with zero attached hydrogens (tertiary/aromatic N) is 3. The first-order valence-corrected chi connectivity index (χ1v) is 15.0. The summed E-state index contributed by atoms with van der Waals surface area (Å²) in [5.74, 6) is -2.42. The van der Waals surface area contributed by atoms with Crippen LogP contribution in [0.2, 0.25) is 0 Å². The lowest BCUT2D eigenvalue weighted by molar-refractivity contribution is -0.155. The SMILES string of the molecule is C=CCCOC(=O)[C@H]1[C@@H]2OC3(CC2Br)C(C(=O)N(CC=C)CCN2CCOCC2)N(CCCCCO)C(=O)[C@H]13. The molecule has 4 rings (SSSR count). The zero-order chi connectivity index (χ0) is 28.0. The third kappa shape index (κ3) is 6.12. The largest absolute Gasteiger partial charge is 0.465 e. The van der Waals surface area contributed by atoms with E-state index in [-0.39, 0.29) is 29.9 Å². The third-order valence-electron chi connectivity index (χ3n) is 8.37. The van der Waals surface area contributed by atoms with Crippen molar-refractivity contribution in [2.75, 3.05) is 65.7 Å². The molecule has 11 heteroatoms. The second-order valence-electron chi connectivity index (χ2n) is 10.8. The van der Waals surface area contributed by atoms with E-state index in [9.17, 15) is 19.5 Å². The van der Waals surface area contributed by atoms with E-state index in [1.807, 2.05) is 0 Å². The fourth-order valence-corrected chi connectivity index (χ4v) is 7.48. The molecule has 4 aliphatic rings. The lowest BCUT2D eigenvalue weighted by atomic mass is 9.70. The van der Waals surface area contributed by atoms with Crippen molar-refractivity contribution in [1.29, 1.82) is 0 Å². The van der Waals surface area contributed by atoms with Crippen LogP contribution < -0.4 is 0 Å². The van der Waals surface area contributed by atoms with Crippen LogP contribution in [0.15, 0.2) is 25.3 Å². The van der Waals surface area contributed by atoms with E-state index < -0.39 is 35.6 Å². The van der Waals surface area contributed by atoms with Gasteiger partial charge in [-0.3, -0.25) is 19.3 Å². The Morgan fingerprint density at radius 1 is 1.18 bits per heavy atom. The van der Waals surface area contributed by atoms with Gasteiger partial charge in [0.25, 0.3) is 0 Å². The maximum atomic E-state index is 14.4. The molecule has 3 unspecified atom stereocenters. The zero-order valence-corrected chi connectivity index (χ0v) is 24.3. The molecule has 218 valence electrons. The Balaban J connectivity index is 1.61. The molecule has 0 aromatic carbocycles. The monoisotopic (exact) mass is 611 g/mol. The number of carbonyl (C=O) groups excluding carboxylic acids is 3. The molecule has 0 aromatic heterocycles. The van der Waals surface area contributed by atoms with E-state index >= 15 is 0 Å². The zero-order valence-electron chi connectivity index (χ0n) is 22.7. The van der Waals surface area contributed by atoms with Gasteiger partial charge in [-0.05, 0) is 32.1 Å². The first kappa shape index (κ1) is 30.2. The summed E-state index contributed by atoms with van der Waals surface area (Å²) >= 11 is 3.69. The van der Waals surface area contributed by atoms with Gasteiger partial charge in [0, 0.05) is 50.7 Å². The Morgan fingerprint density at radius 2 is 1.95 bits per heavy atom. The van der Waals surface area contributed by atoms with Crippen LogP contribution in [-0.4, -0.2) is 126 Å². The van der Waals surface area contributed by atoms with Gasteiger partial charge in [-0.2, -0.15) is 0 Å². The molecule has 10 nitrogen and oxygen atoms in total. The fraction of sp³-hybridized carbons (Fsp3) is 0.750. The van der Waals surface area contributed by atoms with Crippen molar-refractivity contribution >= 4 is 33.7 Å². The van der Waals surface area contributed by atoms with Crippen molar-refractivity contribution in [3.63, 3.8) is 0 Å². The topological polar surface area (TPSA) is 109 Å².